The number of sulfonamides is 1. The van der Waals surface area contributed by atoms with E-state index in [1.54, 1.807) is 19.9 Å². The number of fused-ring (bicyclic) bond motifs is 2. The van der Waals surface area contributed by atoms with Crippen molar-refractivity contribution >= 4 is 38.9 Å². The van der Waals surface area contributed by atoms with E-state index in [4.69, 9.17) is 4.74 Å². The van der Waals surface area contributed by atoms with Crippen molar-refractivity contribution in [2.75, 3.05) is 5.32 Å². The van der Waals surface area contributed by atoms with Crippen LogP contribution in [0.3, 0.4) is 0 Å². The average Bonchev–Trinajstić information content (AvgIpc) is 3.17. The van der Waals surface area contributed by atoms with Gasteiger partial charge in [0, 0.05) is 10.9 Å². The van der Waals surface area contributed by atoms with Gasteiger partial charge in [0.05, 0.1) is 15.5 Å². The van der Waals surface area contributed by atoms with Gasteiger partial charge in [0.25, 0.3) is 21.8 Å². The number of thiophene rings is 1. The molecule has 0 fully saturated rings. The minimum absolute atomic E-state index is 0.0537. The van der Waals surface area contributed by atoms with E-state index in [0.29, 0.717) is 16.1 Å². The molecule has 1 atom stereocenters. The zero-order valence-electron chi connectivity index (χ0n) is 14.8. The highest BCUT2D eigenvalue weighted by Crippen LogP contribution is 2.35. The van der Waals surface area contributed by atoms with Crippen LogP contribution in [0.15, 0.2) is 23.1 Å². The Balaban J connectivity index is 1.62. The summed E-state index contributed by atoms with van der Waals surface area (Å²) in [5, 5.41) is 2.67. The predicted molar refractivity (Wildman–Crippen MR) is 101 cm³/mol. The number of hydrogen-bond donors (Lipinski definition) is 2. The first-order valence-electron chi connectivity index (χ1n) is 8.55. The molecule has 4 rings (SSSR count). The van der Waals surface area contributed by atoms with Gasteiger partial charge in [0.2, 0.25) is 0 Å². The van der Waals surface area contributed by atoms with Gasteiger partial charge in [-0.2, -0.15) is 0 Å². The van der Waals surface area contributed by atoms with Crippen molar-refractivity contribution in [3.63, 3.8) is 0 Å². The molecule has 2 heterocycles. The Morgan fingerprint density at radius 1 is 1.30 bits per heavy atom. The molecule has 7 nitrogen and oxygen atoms in total. The fourth-order valence-electron chi connectivity index (χ4n) is 3.30. The van der Waals surface area contributed by atoms with E-state index in [1.165, 1.54) is 23.5 Å². The highest BCUT2D eigenvalue weighted by molar-refractivity contribution is 7.90. The maximum Gasteiger partial charge on any atom is 0.275 e. The molecule has 0 radical (unpaired) electrons. The van der Waals surface area contributed by atoms with Gasteiger partial charge >= 0.3 is 0 Å². The first kappa shape index (κ1) is 18.0. The Labute approximate surface area is 160 Å². The highest BCUT2D eigenvalue weighted by atomic mass is 32.2. The van der Waals surface area contributed by atoms with Crippen molar-refractivity contribution in [3.05, 3.63) is 39.1 Å². The zero-order chi connectivity index (χ0) is 19.3. The summed E-state index contributed by atoms with van der Waals surface area (Å²) in [4.78, 5) is 25.7. The van der Waals surface area contributed by atoms with Crippen LogP contribution in [-0.4, -0.2) is 26.3 Å². The quantitative estimate of drug-likeness (QED) is 0.815. The molecule has 2 aliphatic rings. The Hall–Kier alpha value is -2.39. The third kappa shape index (κ3) is 3.21. The van der Waals surface area contributed by atoms with Gasteiger partial charge in [-0.3, -0.25) is 9.59 Å². The molecular formula is C18H18N2O5S2. The lowest BCUT2D eigenvalue weighted by Crippen LogP contribution is -2.35. The standard InChI is InChI=1S/C18H18N2O5S2/c1-9-6-12-13(25-10(2)17(21)19-12)8-16(9)27(23,24)20-18(22)15-7-11-4-3-5-14(11)26-15/h6-8,10H,3-5H2,1-2H3,(H,19,21)(H,20,22). The van der Waals surface area contributed by atoms with Crippen LogP contribution in [0.4, 0.5) is 5.69 Å². The van der Waals surface area contributed by atoms with Crippen LogP contribution in [0.1, 0.15) is 39.0 Å². The van der Waals surface area contributed by atoms with Gasteiger partial charge in [-0.1, -0.05) is 0 Å². The van der Waals surface area contributed by atoms with Crippen LogP contribution < -0.4 is 14.8 Å². The normalized spacial score (nSPS) is 18.3. The molecule has 1 aliphatic carbocycles. The molecule has 0 saturated heterocycles. The summed E-state index contributed by atoms with van der Waals surface area (Å²) in [5.41, 5.74) is 1.95. The summed E-state index contributed by atoms with van der Waals surface area (Å²) in [6, 6.07) is 4.64. The molecule has 9 heteroatoms. The number of carbonyl (C=O) groups excluding carboxylic acids is 2. The van der Waals surface area contributed by atoms with Crippen molar-refractivity contribution in [3.8, 4) is 5.75 Å². The number of rotatable bonds is 3. The smallest absolute Gasteiger partial charge is 0.275 e. The van der Waals surface area contributed by atoms with Gasteiger partial charge in [-0.05, 0) is 56.4 Å². The van der Waals surface area contributed by atoms with Crippen molar-refractivity contribution in [2.24, 2.45) is 0 Å². The lowest BCUT2D eigenvalue weighted by molar-refractivity contribution is -0.122. The minimum atomic E-state index is -4.08. The van der Waals surface area contributed by atoms with Crippen LogP contribution >= 0.6 is 11.3 Å². The van der Waals surface area contributed by atoms with Crippen LogP contribution in [-0.2, 0) is 27.7 Å². The summed E-state index contributed by atoms with van der Waals surface area (Å²) >= 11 is 1.34. The molecule has 0 bridgehead atoms. The first-order chi connectivity index (χ1) is 12.7. The van der Waals surface area contributed by atoms with Gasteiger partial charge in [-0.15, -0.1) is 11.3 Å². The largest absolute Gasteiger partial charge is 0.479 e. The Morgan fingerprint density at radius 3 is 2.81 bits per heavy atom. The van der Waals surface area contributed by atoms with E-state index in [1.807, 2.05) is 0 Å². The first-order valence-corrected chi connectivity index (χ1v) is 10.9. The molecule has 2 aromatic rings. The molecule has 1 unspecified atom stereocenters. The second kappa shape index (κ2) is 6.35. The number of nitrogens with one attached hydrogen (secondary N) is 2. The third-order valence-electron chi connectivity index (χ3n) is 4.69. The van der Waals surface area contributed by atoms with Gasteiger partial charge in [0.1, 0.15) is 5.75 Å². The fraction of sp³-hybridized carbons (Fsp3) is 0.333. The molecular weight excluding hydrogens is 388 g/mol. The van der Waals surface area contributed by atoms with E-state index in [-0.39, 0.29) is 16.6 Å². The number of hydrogen-bond acceptors (Lipinski definition) is 6. The summed E-state index contributed by atoms with van der Waals surface area (Å²) in [7, 11) is -4.08. The van der Waals surface area contributed by atoms with Crippen molar-refractivity contribution in [1.82, 2.24) is 4.72 Å². The second-order valence-corrected chi connectivity index (χ2v) is 9.50. The number of carbonyl (C=O) groups is 2. The number of aryl methyl sites for hydroxylation is 3. The van der Waals surface area contributed by atoms with Crippen molar-refractivity contribution < 1.29 is 22.7 Å². The van der Waals surface area contributed by atoms with Crippen LogP contribution in [0.25, 0.3) is 0 Å². The van der Waals surface area contributed by atoms with Crippen LogP contribution in [0, 0.1) is 6.92 Å². The van der Waals surface area contributed by atoms with E-state index in [2.05, 4.69) is 10.0 Å². The summed E-state index contributed by atoms with van der Waals surface area (Å²) < 4.78 is 33.2. The molecule has 142 valence electrons. The summed E-state index contributed by atoms with van der Waals surface area (Å²) in [6.45, 7) is 3.17. The third-order valence-corrected chi connectivity index (χ3v) is 7.40. The topological polar surface area (TPSA) is 102 Å². The number of ether oxygens (including phenoxy) is 1. The zero-order valence-corrected chi connectivity index (χ0v) is 16.4. The summed E-state index contributed by atoms with van der Waals surface area (Å²) in [5.74, 6) is -0.665. The molecule has 0 saturated carbocycles. The van der Waals surface area contributed by atoms with Gasteiger partial charge in [0.15, 0.2) is 6.10 Å². The number of benzene rings is 1. The Bertz CT molecular complexity index is 1050. The van der Waals surface area contributed by atoms with E-state index in [0.717, 1.165) is 29.7 Å². The Kier molecular flexibility index (Phi) is 4.23. The van der Waals surface area contributed by atoms with E-state index in [9.17, 15) is 18.0 Å². The molecule has 1 aliphatic heterocycles. The lowest BCUT2D eigenvalue weighted by atomic mass is 10.1. The van der Waals surface area contributed by atoms with Crippen molar-refractivity contribution in [2.45, 2.75) is 44.1 Å². The molecule has 1 aromatic heterocycles. The Morgan fingerprint density at radius 2 is 2.07 bits per heavy atom. The molecule has 2 amide bonds. The maximum atomic E-state index is 12.8. The molecule has 2 N–H and O–H groups in total. The van der Waals surface area contributed by atoms with E-state index >= 15 is 0 Å². The highest BCUT2D eigenvalue weighted by Gasteiger charge is 2.29. The van der Waals surface area contributed by atoms with Gasteiger partial charge < -0.3 is 10.1 Å². The fourth-order valence-corrected chi connectivity index (χ4v) is 5.72. The van der Waals surface area contributed by atoms with E-state index < -0.39 is 22.0 Å². The molecule has 27 heavy (non-hydrogen) atoms. The second-order valence-electron chi connectivity index (χ2n) is 6.71. The van der Waals surface area contributed by atoms with Crippen molar-refractivity contribution in [1.29, 1.82) is 0 Å². The molecule has 0 spiro atoms. The van der Waals surface area contributed by atoms with Crippen LogP contribution in [0.2, 0.25) is 0 Å². The molecule has 1 aromatic carbocycles. The SMILES string of the molecule is Cc1cc2c(cc1S(=O)(=O)NC(=O)c1cc3c(s1)CCC3)OC(C)C(=O)N2. The maximum absolute atomic E-state index is 12.8. The number of anilines is 1. The monoisotopic (exact) mass is 406 g/mol. The minimum Gasteiger partial charge on any atom is -0.479 e. The lowest BCUT2D eigenvalue weighted by Gasteiger charge is -2.24. The predicted octanol–water partition coefficient (Wildman–Crippen LogP) is 2.38. The summed E-state index contributed by atoms with van der Waals surface area (Å²) in [6.07, 6.45) is 2.21. The van der Waals surface area contributed by atoms with Gasteiger partial charge in [-0.25, -0.2) is 13.1 Å². The number of amides is 2. The average molecular weight is 406 g/mol. The van der Waals surface area contributed by atoms with Crippen LogP contribution in [0.5, 0.6) is 5.75 Å².